The third-order valence-electron chi connectivity index (χ3n) is 5.35. The topological polar surface area (TPSA) is 66.4 Å². The average molecular weight is 317 g/mol. The van der Waals surface area contributed by atoms with E-state index in [1.165, 1.54) is 6.42 Å². The van der Waals surface area contributed by atoms with Crippen LogP contribution >= 0.6 is 0 Å². The summed E-state index contributed by atoms with van der Waals surface area (Å²) in [5.41, 5.74) is -0.237. The highest BCUT2D eigenvalue weighted by molar-refractivity contribution is 7.86. The molecule has 1 aliphatic heterocycles. The summed E-state index contributed by atoms with van der Waals surface area (Å²) in [4.78, 5) is 0. The quantitative estimate of drug-likeness (QED) is 0.693. The van der Waals surface area contributed by atoms with Crippen molar-refractivity contribution >= 4 is 10.1 Å². The van der Waals surface area contributed by atoms with Crippen molar-refractivity contribution in [1.82, 2.24) is 0 Å². The minimum absolute atomic E-state index is 0.237. The third kappa shape index (κ3) is 4.93. The molecule has 0 aromatic rings. The van der Waals surface area contributed by atoms with Crippen LogP contribution in [0.25, 0.3) is 0 Å². The zero-order valence-corrected chi connectivity index (χ0v) is 13.8. The highest BCUT2D eigenvalue weighted by atomic mass is 32.2. The number of ether oxygens (including phenoxy) is 1. The van der Waals surface area contributed by atoms with Crippen molar-refractivity contribution < 1.29 is 17.7 Å². The molecule has 1 atom stereocenters. The molecule has 1 unspecified atom stereocenters. The Balaban J connectivity index is 2.17. The van der Waals surface area contributed by atoms with Crippen LogP contribution in [0.3, 0.4) is 0 Å². The standard InChI is InChI=1S/C16H30O4S/c17-21(18,19)15-9-3-8-14-20-13-7-2-6-12-16(15)10-4-1-5-11-16/h15H,1-14H2,(H,17,18,19)/p-1. The summed E-state index contributed by atoms with van der Waals surface area (Å²) in [5, 5.41) is -0.676. The van der Waals surface area contributed by atoms with Gasteiger partial charge in [0.25, 0.3) is 0 Å². The van der Waals surface area contributed by atoms with Crippen molar-refractivity contribution in [2.45, 2.75) is 82.3 Å². The number of hydrogen-bond donors (Lipinski definition) is 0. The van der Waals surface area contributed by atoms with Gasteiger partial charge in [-0.1, -0.05) is 32.1 Å². The van der Waals surface area contributed by atoms with Gasteiger partial charge in [0.2, 0.25) is 0 Å². The van der Waals surface area contributed by atoms with Gasteiger partial charge in [-0.25, -0.2) is 8.42 Å². The first-order valence-electron chi connectivity index (χ1n) is 8.57. The van der Waals surface area contributed by atoms with Crippen LogP contribution < -0.4 is 0 Å². The number of rotatable bonds is 1. The van der Waals surface area contributed by atoms with E-state index in [-0.39, 0.29) is 5.41 Å². The maximum absolute atomic E-state index is 11.9. The lowest BCUT2D eigenvalue weighted by atomic mass is 9.67. The third-order valence-corrected chi connectivity index (χ3v) is 6.78. The molecule has 1 saturated carbocycles. The fourth-order valence-electron chi connectivity index (χ4n) is 4.24. The van der Waals surface area contributed by atoms with E-state index in [0.29, 0.717) is 13.0 Å². The maximum atomic E-state index is 11.9. The van der Waals surface area contributed by atoms with Gasteiger partial charge < -0.3 is 9.29 Å². The maximum Gasteiger partial charge on any atom is 0.0980 e. The van der Waals surface area contributed by atoms with E-state index in [2.05, 4.69) is 0 Å². The molecule has 21 heavy (non-hydrogen) atoms. The Hall–Kier alpha value is -0.130. The van der Waals surface area contributed by atoms with E-state index < -0.39 is 15.4 Å². The largest absolute Gasteiger partial charge is 0.748 e. The first kappa shape index (κ1) is 17.2. The Labute approximate surface area is 129 Å². The van der Waals surface area contributed by atoms with Crippen LogP contribution in [0, 0.1) is 5.41 Å². The Morgan fingerprint density at radius 2 is 1.33 bits per heavy atom. The number of hydrogen-bond acceptors (Lipinski definition) is 4. The van der Waals surface area contributed by atoms with Crippen LogP contribution in [-0.4, -0.2) is 31.4 Å². The molecule has 124 valence electrons. The molecule has 2 aliphatic rings. The fraction of sp³-hybridized carbons (Fsp3) is 1.00. The van der Waals surface area contributed by atoms with E-state index in [0.717, 1.165) is 70.8 Å². The van der Waals surface area contributed by atoms with Gasteiger partial charge in [-0.15, -0.1) is 0 Å². The van der Waals surface area contributed by atoms with E-state index in [9.17, 15) is 13.0 Å². The molecular weight excluding hydrogens is 288 g/mol. The van der Waals surface area contributed by atoms with Gasteiger partial charge in [0.15, 0.2) is 0 Å². The van der Waals surface area contributed by atoms with E-state index in [1.54, 1.807) is 0 Å². The molecule has 1 saturated heterocycles. The van der Waals surface area contributed by atoms with Crippen molar-refractivity contribution in [2.75, 3.05) is 13.2 Å². The smallest absolute Gasteiger partial charge is 0.0980 e. The summed E-state index contributed by atoms with van der Waals surface area (Å²) >= 11 is 0. The molecule has 0 aromatic heterocycles. The molecule has 5 heteroatoms. The van der Waals surface area contributed by atoms with E-state index in [1.807, 2.05) is 0 Å². The van der Waals surface area contributed by atoms with Crippen molar-refractivity contribution in [2.24, 2.45) is 5.41 Å². The molecule has 4 nitrogen and oxygen atoms in total. The molecular formula is C16H29O4S-. The minimum atomic E-state index is -4.21. The monoisotopic (exact) mass is 317 g/mol. The lowest BCUT2D eigenvalue weighted by molar-refractivity contribution is 0.108. The molecule has 1 heterocycles. The summed E-state index contributed by atoms with van der Waals surface area (Å²) in [6, 6.07) is 0. The van der Waals surface area contributed by atoms with Crippen LogP contribution in [0.1, 0.15) is 77.0 Å². The molecule has 1 aliphatic carbocycles. The normalized spacial score (nSPS) is 29.5. The second-order valence-electron chi connectivity index (χ2n) is 6.82. The van der Waals surface area contributed by atoms with Crippen molar-refractivity contribution in [3.8, 4) is 0 Å². The van der Waals surface area contributed by atoms with Crippen molar-refractivity contribution in [3.63, 3.8) is 0 Å². The molecule has 0 bridgehead atoms. The molecule has 2 fully saturated rings. The van der Waals surface area contributed by atoms with Gasteiger partial charge in [-0.3, -0.25) is 0 Å². The molecule has 1 spiro atoms. The highest BCUT2D eigenvalue weighted by Crippen LogP contribution is 2.47. The second kappa shape index (κ2) is 7.93. The second-order valence-corrected chi connectivity index (χ2v) is 8.38. The molecule has 0 radical (unpaired) electrons. The van der Waals surface area contributed by atoms with Gasteiger partial charge in [0.1, 0.15) is 0 Å². The lowest BCUT2D eigenvalue weighted by Gasteiger charge is -2.45. The first-order chi connectivity index (χ1) is 10.0. The van der Waals surface area contributed by atoms with Crippen LogP contribution in [0.2, 0.25) is 0 Å². The Bertz CT molecular complexity index is 399. The molecule has 0 aromatic carbocycles. The average Bonchev–Trinajstić information content (AvgIpc) is 2.42. The lowest BCUT2D eigenvalue weighted by Crippen LogP contribution is -2.42. The summed E-state index contributed by atoms with van der Waals surface area (Å²) in [5.74, 6) is 0. The van der Waals surface area contributed by atoms with Crippen LogP contribution in [0.4, 0.5) is 0 Å². The van der Waals surface area contributed by atoms with Crippen LogP contribution in [-0.2, 0) is 14.9 Å². The molecule has 2 rings (SSSR count). The fourth-order valence-corrected chi connectivity index (χ4v) is 5.66. The van der Waals surface area contributed by atoms with Crippen LogP contribution in [0.15, 0.2) is 0 Å². The van der Waals surface area contributed by atoms with Crippen LogP contribution in [0.5, 0.6) is 0 Å². The zero-order chi connectivity index (χ0) is 15.2. The van der Waals surface area contributed by atoms with Gasteiger partial charge in [-0.2, -0.15) is 0 Å². The predicted octanol–water partition coefficient (Wildman–Crippen LogP) is 3.61. The summed E-state index contributed by atoms with van der Waals surface area (Å²) < 4.78 is 41.2. The minimum Gasteiger partial charge on any atom is -0.748 e. The summed E-state index contributed by atoms with van der Waals surface area (Å²) in [6.07, 6.45) is 11.4. The van der Waals surface area contributed by atoms with Gasteiger partial charge in [-0.05, 0) is 50.4 Å². The van der Waals surface area contributed by atoms with E-state index in [4.69, 9.17) is 4.74 Å². The molecule has 0 amide bonds. The van der Waals surface area contributed by atoms with Gasteiger partial charge in [0.05, 0.1) is 15.4 Å². The van der Waals surface area contributed by atoms with Gasteiger partial charge in [0, 0.05) is 13.2 Å². The predicted molar refractivity (Wildman–Crippen MR) is 82.1 cm³/mol. The van der Waals surface area contributed by atoms with Gasteiger partial charge >= 0.3 is 0 Å². The zero-order valence-electron chi connectivity index (χ0n) is 13.0. The van der Waals surface area contributed by atoms with Crippen molar-refractivity contribution in [3.05, 3.63) is 0 Å². The van der Waals surface area contributed by atoms with E-state index >= 15 is 0 Å². The van der Waals surface area contributed by atoms with Crippen molar-refractivity contribution in [1.29, 1.82) is 0 Å². The Morgan fingerprint density at radius 3 is 1.90 bits per heavy atom. The summed E-state index contributed by atoms with van der Waals surface area (Å²) in [7, 11) is -4.21. The first-order valence-corrected chi connectivity index (χ1v) is 10.0. The Kier molecular flexibility index (Phi) is 6.51. The summed E-state index contributed by atoms with van der Waals surface area (Å²) in [6.45, 7) is 1.51. The molecule has 0 N–H and O–H groups in total. The Morgan fingerprint density at radius 1 is 0.810 bits per heavy atom. The highest BCUT2D eigenvalue weighted by Gasteiger charge is 2.42. The SMILES string of the molecule is O=S(=O)([O-])C1CCCCOCCCCCC12CCCCC2.